The minimum atomic E-state index is -3.90. The van der Waals surface area contributed by atoms with E-state index >= 15 is 0 Å². The summed E-state index contributed by atoms with van der Waals surface area (Å²) in [5.74, 6) is -1.79. The second kappa shape index (κ2) is 6.37. The van der Waals surface area contributed by atoms with Crippen LogP contribution in [0.25, 0.3) is 0 Å². The summed E-state index contributed by atoms with van der Waals surface area (Å²) in [5, 5.41) is 0. The summed E-state index contributed by atoms with van der Waals surface area (Å²) >= 11 is 0. The molecule has 0 amide bonds. The molecule has 0 unspecified atom stereocenters. The van der Waals surface area contributed by atoms with Crippen molar-refractivity contribution in [2.45, 2.75) is 49.6 Å². The summed E-state index contributed by atoms with van der Waals surface area (Å²) in [5.41, 5.74) is 5.83. The lowest BCUT2D eigenvalue weighted by molar-refractivity contribution is 0.247. The molecule has 4 nitrogen and oxygen atoms in total. The number of hydrogen-bond donors (Lipinski definition) is 1. The molecule has 2 rings (SSSR count). The first-order chi connectivity index (χ1) is 9.84. The van der Waals surface area contributed by atoms with Crippen molar-refractivity contribution in [1.29, 1.82) is 0 Å². The van der Waals surface area contributed by atoms with Crippen molar-refractivity contribution in [3.63, 3.8) is 0 Å². The zero-order valence-corrected chi connectivity index (χ0v) is 12.7. The van der Waals surface area contributed by atoms with Crippen molar-refractivity contribution < 1.29 is 17.2 Å². The van der Waals surface area contributed by atoms with Gasteiger partial charge in [0, 0.05) is 24.7 Å². The van der Waals surface area contributed by atoms with E-state index in [9.17, 15) is 17.2 Å². The maximum atomic E-state index is 13.3. The molecule has 1 aromatic rings. The summed E-state index contributed by atoms with van der Waals surface area (Å²) in [6.45, 7) is 1.99. The Balaban J connectivity index is 2.31. The Morgan fingerprint density at radius 3 is 2.14 bits per heavy atom. The van der Waals surface area contributed by atoms with Gasteiger partial charge in [-0.2, -0.15) is 4.31 Å². The Hall–Kier alpha value is -1.05. The third-order valence-corrected chi connectivity index (χ3v) is 5.91. The topological polar surface area (TPSA) is 63.4 Å². The van der Waals surface area contributed by atoms with Gasteiger partial charge < -0.3 is 5.73 Å². The summed E-state index contributed by atoms with van der Waals surface area (Å²) in [4.78, 5) is -0.336. The molecule has 1 aliphatic carbocycles. The fourth-order valence-corrected chi connectivity index (χ4v) is 4.56. The smallest absolute Gasteiger partial charge is 0.243 e. The average Bonchev–Trinajstić information content (AvgIpc) is 2.40. The van der Waals surface area contributed by atoms with Crippen LogP contribution < -0.4 is 5.73 Å². The van der Waals surface area contributed by atoms with E-state index in [2.05, 4.69) is 0 Å². The van der Waals surface area contributed by atoms with Crippen LogP contribution in [0.5, 0.6) is 0 Å². The van der Waals surface area contributed by atoms with Gasteiger partial charge in [-0.3, -0.25) is 0 Å². The highest BCUT2D eigenvalue weighted by molar-refractivity contribution is 7.89. The van der Waals surface area contributed by atoms with E-state index < -0.39 is 21.7 Å². The van der Waals surface area contributed by atoms with Gasteiger partial charge in [0.15, 0.2) is 0 Å². The van der Waals surface area contributed by atoms with Crippen LogP contribution in [0.2, 0.25) is 0 Å². The molecule has 118 valence electrons. The highest BCUT2D eigenvalue weighted by atomic mass is 32.2. The third kappa shape index (κ3) is 3.59. The normalized spacial score (nSPS) is 23.5. The first kappa shape index (κ1) is 16.3. The average molecular weight is 318 g/mol. The van der Waals surface area contributed by atoms with Crippen molar-refractivity contribution >= 4 is 10.0 Å². The quantitative estimate of drug-likeness (QED) is 0.926. The van der Waals surface area contributed by atoms with E-state index in [1.165, 1.54) is 4.31 Å². The number of rotatable bonds is 4. The predicted molar refractivity (Wildman–Crippen MR) is 76.2 cm³/mol. The predicted octanol–water partition coefficient (Wildman–Crippen LogP) is 2.25. The molecule has 0 spiro atoms. The van der Waals surface area contributed by atoms with Crippen LogP contribution in [-0.4, -0.2) is 31.4 Å². The van der Waals surface area contributed by atoms with Gasteiger partial charge >= 0.3 is 0 Å². The lowest BCUT2D eigenvalue weighted by Gasteiger charge is -2.34. The van der Waals surface area contributed by atoms with Crippen molar-refractivity contribution in [3.8, 4) is 0 Å². The van der Waals surface area contributed by atoms with Crippen LogP contribution in [0.4, 0.5) is 8.78 Å². The summed E-state index contributed by atoms with van der Waals surface area (Å²) in [6.07, 6.45) is 2.86. The van der Waals surface area contributed by atoms with Crippen molar-refractivity contribution in [1.82, 2.24) is 4.31 Å². The van der Waals surface area contributed by atoms with E-state index in [0.717, 1.165) is 25.0 Å². The minimum Gasteiger partial charge on any atom is -0.328 e. The first-order valence-corrected chi connectivity index (χ1v) is 8.52. The third-order valence-electron chi connectivity index (χ3n) is 3.90. The maximum Gasteiger partial charge on any atom is 0.243 e. The molecule has 0 aliphatic heterocycles. The van der Waals surface area contributed by atoms with E-state index in [0.29, 0.717) is 18.9 Å². The van der Waals surface area contributed by atoms with Crippen LogP contribution in [0.3, 0.4) is 0 Å². The lowest BCUT2D eigenvalue weighted by atomic mass is 9.92. The number of sulfonamides is 1. The van der Waals surface area contributed by atoms with E-state index in [1.807, 2.05) is 0 Å². The largest absolute Gasteiger partial charge is 0.328 e. The van der Waals surface area contributed by atoms with Gasteiger partial charge in [-0.05, 0) is 37.8 Å². The van der Waals surface area contributed by atoms with Crippen LogP contribution in [0.1, 0.15) is 32.6 Å². The Morgan fingerprint density at radius 2 is 1.67 bits per heavy atom. The number of nitrogens with zero attached hydrogens (tertiary/aromatic N) is 1. The molecule has 1 fully saturated rings. The Labute approximate surface area is 124 Å². The molecule has 7 heteroatoms. The van der Waals surface area contributed by atoms with Crippen LogP contribution in [0.15, 0.2) is 23.1 Å². The number of benzene rings is 1. The molecule has 1 saturated carbocycles. The summed E-state index contributed by atoms with van der Waals surface area (Å²) in [7, 11) is -3.90. The number of halogens is 2. The molecule has 0 saturated heterocycles. The molecular formula is C14H20F2N2O2S. The molecule has 2 N–H and O–H groups in total. The zero-order valence-electron chi connectivity index (χ0n) is 11.9. The van der Waals surface area contributed by atoms with Crippen LogP contribution >= 0.6 is 0 Å². The number of hydrogen-bond acceptors (Lipinski definition) is 3. The minimum absolute atomic E-state index is 0.106. The fourth-order valence-electron chi connectivity index (χ4n) is 2.83. The molecule has 0 radical (unpaired) electrons. The van der Waals surface area contributed by atoms with Crippen LogP contribution in [-0.2, 0) is 10.0 Å². The van der Waals surface area contributed by atoms with Crippen molar-refractivity contribution in [3.05, 3.63) is 29.8 Å². The second-order valence-corrected chi connectivity index (χ2v) is 7.27. The Kier molecular flexibility index (Phi) is 4.95. The molecule has 0 aromatic heterocycles. The Morgan fingerprint density at radius 1 is 1.14 bits per heavy atom. The monoisotopic (exact) mass is 318 g/mol. The maximum absolute atomic E-state index is 13.3. The van der Waals surface area contributed by atoms with Gasteiger partial charge in [-0.15, -0.1) is 0 Å². The number of nitrogens with two attached hydrogens (primary N) is 1. The fraction of sp³-hybridized carbons (Fsp3) is 0.571. The van der Waals surface area contributed by atoms with E-state index in [1.54, 1.807) is 6.92 Å². The van der Waals surface area contributed by atoms with Gasteiger partial charge in [-0.25, -0.2) is 17.2 Å². The molecule has 0 atom stereocenters. The van der Waals surface area contributed by atoms with E-state index in [4.69, 9.17) is 5.73 Å². The summed E-state index contributed by atoms with van der Waals surface area (Å²) < 4.78 is 53.1. The van der Waals surface area contributed by atoms with Gasteiger partial charge in [0.2, 0.25) is 10.0 Å². The van der Waals surface area contributed by atoms with Gasteiger partial charge in [0.1, 0.15) is 11.6 Å². The highest BCUT2D eigenvalue weighted by Crippen LogP contribution is 2.27. The highest BCUT2D eigenvalue weighted by Gasteiger charge is 2.33. The van der Waals surface area contributed by atoms with Gasteiger partial charge in [0.25, 0.3) is 0 Å². The zero-order chi connectivity index (χ0) is 15.6. The standard InChI is InChI=1S/C14H20F2N2O2S/c1-2-18(13-5-3-12(17)4-6-13)21(19,20)14-8-10(15)7-11(16)9-14/h7-9,12-13H,2-6,17H2,1H3. The Bertz CT molecular complexity index is 579. The molecule has 0 heterocycles. The van der Waals surface area contributed by atoms with Gasteiger partial charge in [-0.1, -0.05) is 6.92 Å². The van der Waals surface area contributed by atoms with Gasteiger partial charge in [0.05, 0.1) is 4.90 Å². The molecule has 21 heavy (non-hydrogen) atoms. The van der Waals surface area contributed by atoms with Crippen molar-refractivity contribution in [2.24, 2.45) is 5.73 Å². The lowest BCUT2D eigenvalue weighted by Crippen LogP contribution is -2.44. The second-order valence-electron chi connectivity index (χ2n) is 5.38. The van der Waals surface area contributed by atoms with Crippen molar-refractivity contribution in [2.75, 3.05) is 6.54 Å². The van der Waals surface area contributed by atoms with E-state index in [-0.39, 0.29) is 23.5 Å². The molecular weight excluding hydrogens is 298 g/mol. The SMILES string of the molecule is CCN(C1CCC(N)CC1)S(=O)(=O)c1cc(F)cc(F)c1. The first-order valence-electron chi connectivity index (χ1n) is 7.08. The molecule has 1 aromatic carbocycles. The van der Waals surface area contributed by atoms with Crippen LogP contribution in [0, 0.1) is 11.6 Å². The molecule has 0 bridgehead atoms. The molecule has 1 aliphatic rings. The summed E-state index contributed by atoms with van der Waals surface area (Å²) in [6, 6.07) is 2.32.